The summed E-state index contributed by atoms with van der Waals surface area (Å²) in [5.41, 5.74) is 5.52. The third-order valence-corrected chi connectivity index (χ3v) is 4.18. The average molecular weight is 274 g/mol. The molecule has 0 heteroatoms. The van der Waals surface area contributed by atoms with E-state index in [-0.39, 0.29) is 0 Å². The second-order valence-electron chi connectivity index (χ2n) is 5.78. The van der Waals surface area contributed by atoms with Crippen LogP contribution in [0.1, 0.15) is 30.9 Å². The van der Waals surface area contributed by atoms with Crippen molar-refractivity contribution in [3.8, 4) is 11.1 Å². The summed E-state index contributed by atoms with van der Waals surface area (Å²) in [5, 5.41) is 2.71. The smallest absolute Gasteiger partial charge is 0.0100 e. The lowest BCUT2D eigenvalue weighted by molar-refractivity contribution is 0.796. The minimum Gasteiger partial charge on any atom is -0.0654 e. The molecule has 0 bridgehead atoms. The van der Waals surface area contributed by atoms with Crippen molar-refractivity contribution in [1.29, 1.82) is 0 Å². The Kier molecular flexibility index (Phi) is 4.06. The first kappa shape index (κ1) is 13.9. The van der Waals surface area contributed by atoms with E-state index in [1.165, 1.54) is 52.3 Å². The van der Waals surface area contributed by atoms with E-state index in [9.17, 15) is 0 Å². The zero-order valence-electron chi connectivity index (χ0n) is 12.9. The third kappa shape index (κ3) is 2.85. The summed E-state index contributed by atoms with van der Waals surface area (Å²) < 4.78 is 0. The molecule has 3 rings (SSSR count). The molecule has 3 aromatic carbocycles. The molecule has 0 saturated carbocycles. The Morgan fingerprint density at radius 2 is 1.57 bits per heavy atom. The lowest BCUT2D eigenvalue weighted by Crippen LogP contribution is -1.90. The van der Waals surface area contributed by atoms with E-state index in [4.69, 9.17) is 0 Å². The van der Waals surface area contributed by atoms with Crippen LogP contribution in [0.3, 0.4) is 0 Å². The summed E-state index contributed by atoms with van der Waals surface area (Å²) >= 11 is 0. The normalized spacial score (nSPS) is 11.0. The van der Waals surface area contributed by atoms with Crippen LogP contribution in [0.25, 0.3) is 21.9 Å². The molecule has 0 aliphatic rings. The van der Waals surface area contributed by atoms with Gasteiger partial charge in [0.15, 0.2) is 0 Å². The Morgan fingerprint density at radius 1 is 0.810 bits per heavy atom. The molecule has 0 atom stereocenters. The zero-order valence-corrected chi connectivity index (χ0v) is 12.9. The molecule has 0 aliphatic carbocycles. The SMILES string of the molecule is CCCCc1cc(-c2ccccc2C)c2ccccc2c1. The van der Waals surface area contributed by atoms with Crippen molar-refractivity contribution in [2.75, 3.05) is 0 Å². The van der Waals surface area contributed by atoms with E-state index in [1.54, 1.807) is 0 Å². The van der Waals surface area contributed by atoms with Gasteiger partial charge in [-0.15, -0.1) is 0 Å². The van der Waals surface area contributed by atoms with Crippen LogP contribution in [0.15, 0.2) is 60.7 Å². The number of fused-ring (bicyclic) bond motifs is 1. The van der Waals surface area contributed by atoms with Crippen molar-refractivity contribution >= 4 is 10.8 Å². The minimum atomic E-state index is 1.17. The van der Waals surface area contributed by atoms with E-state index >= 15 is 0 Å². The number of rotatable bonds is 4. The Hall–Kier alpha value is -2.08. The maximum atomic E-state index is 2.39. The maximum absolute atomic E-state index is 2.39. The highest BCUT2D eigenvalue weighted by molar-refractivity contribution is 5.97. The standard InChI is InChI=1S/C21H22/c1-3-4-10-17-14-18-11-6-8-13-20(18)21(15-17)19-12-7-5-9-16(19)2/h5-9,11-15H,3-4,10H2,1-2H3. The third-order valence-electron chi connectivity index (χ3n) is 4.18. The van der Waals surface area contributed by atoms with Gasteiger partial charge in [0.1, 0.15) is 0 Å². The first-order valence-corrected chi connectivity index (χ1v) is 7.87. The summed E-state index contributed by atoms with van der Waals surface area (Å²) in [5.74, 6) is 0. The topological polar surface area (TPSA) is 0 Å². The van der Waals surface area contributed by atoms with Gasteiger partial charge in [-0.25, -0.2) is 0 Å². The Morgan fingerprint density at radius 3 is 2.38 bits per heavy atom. The number of unbranched alkanes of at least 4 members (excludes halogenated alkanes) is 1. The maximum Gasteiger partial charge on any atom is -0.0100 e. The van der Waals surface area contributed by atoms with Crippen molar-refractivity contribution in [2.24, 2.45) is 0 Å². The molecule has 0 aromatic heterocycles. The molecule has 0 amide bonds. The van der Waals surface area contributed by atoms with Gasteiger partial charge in [-0.2, -0.15) is 0 Å². The quantitative estimate of drug-likeness (QED) is 0.534. The summed E-state index contributed by atoms with van der Waals surface area (Å²) in [6.45, 7) is 4.45. The van der Waals surface area contributed by atoms with Gasteiger partial charge in [0.05, 0.1) is 0 Å². The monoisotopic (exact) mass is 274 g/mol. The molecule has 0 radical (unpaired) electrons. The number of aryl methyl sites for hydroxylation is 2. The lowest BCUT2D eigenvalue weighted by atomic mass is 9.92. The molecule has 0 heterocycles. The summed E-state index contributed by atoms with van der Waals surface area (Å²) in [6, 6.07) is 22.2. The molecular weight excluding hydrogens is 252 g/mol. The van der Waals surface area contributed by atoms with Gasteiger partial charge < -0.3 is 0 Å². The second-order valence-corrected chi connectivity index (χ2v) is 5.78. The molecule has 0 unspecified atom stereocenters. The minimum absolute atomic E-state index is 1.17. The van der Waals surface area contributed by atoms with E-state index in [1.807, 2.05) is 0 Å². The summed E-state index contributed by atoms with van der Waals surface area (Å²) in [7, 11) is 0. The fourth-order valence-electron chi connectivity index (χ4n) is 3.00. The zero-order chi connectivity index (χ0) is 14.7. The van der Waals surface area contributed by atoms with Crippen molar-refractivity contribution in [3.05, 3.63) is 71.8 Å². The highest BCUT2D eigenvalue weighted by Crippen LogP contribution is 2.32. The predicted molar refractivity (Wildman–Crippen MR) is 92.7 cm³/mol. The first-order chi connectivity index (χ1) is 10.3. The molecule has 0 fully saturated rings. The Labute approximate surface area is 127 Å². The van der Waals surface area contributed by atoms with Gasteiger partial charge in [0, 0.05) is 0 Å². The van der Waals surface area contributed by atoms with Crippen LogP contribution < -0.4 is 0 Å². The van der Waals surface area contributed by atoms with E-state index in [0.29, 0.717) is 0 Å². The van der Waals surface area contributed by atoms with Crippen LogP contribution in [0.5, 0.6) is 0 Å². The predicted octanol–water partition coefficient (Wildman–Crippen LogP) is 6.16. The average Bonchev–Trinajstić information content (AvgIpc) is 2.52. The van der Waals surface area contributed by atoms with Crippen molar-refractivity contribution < 1.29 is 0 Å². The van der Waals surface area contributed by atoms with Crippen molar-refractivity contribution in [3.63, 3.8) is 0 Å². The molecule has 0 N–H and O–H groups in total. The van der Waals surface area contributed by atoms with E-state index < -0.39 is 0 Å². The van der Waals surface area contributed by atoms with Crippen molar-refractivity contribution in [2.45, 2.75) is 33.1 Å². The van der Waals surface area contributed by atoms with Crippen LogP contribution in [0.2, 0.25) is 0 Å². The van der Waals surface area contributed by atoms with Crippen LogP contribution in [0.4, 0.5) is 0 Å². The first-order valence-electron chi connectivity index (χ1n) is 7.87. The van der Waals surface area contributed by atoms with Crippen LogP contribution in [0, 0.1) is 6.92 Å². The van der Waals surface area contributed by atoms with E-state index in [0.717, 1.165) is 0 Å². The van der Waals surface area contributed by atoms with Crippen LogP contribution in [-0.2, 0) is 6.42 Å². The summed E-state index contributed by atoms with van der Waals surface area (Å²) in [6.07, 6.45) is 3.66. The lowest BCUT2D eigenvalue weighted by Gasteiger charge is -2.12. The highest BCUT2D eigenvalue weighted by Gasteiger charge is 2.08. The number of hydrogen-bond acceptors (Lipinski definition) is 0. The largest absolute Gasteiger partial charge is 0.0654 e. The van der Waals surface area contributed by atoms with Gasteiger partial charge in [0.2, 0.25) is 0 Å². The molecule has 0 spiro atoms. The number of benzene rings is 3. The fraction of sp³-hybridized carbons (Fsp3) is 0.238. The van der Waals surface area contributed by atoms with Gasteiger partial charge in [0.25, 0.3) is 0 Å². The van der Waals surface area contributed by atoms with Gasteiger partial charge in [-0.1, -0.05) is 74.0 Å². The van der Waals surface area contributed by atoms with Crippen LogP contribution in [-0.4, -0.2) is 0 Å². The van der Waals surface area contributed by atoms with Gasteiger partial charge >= 0.3 is 0 Å². The number of hydrogen-bond donors (Lipinski definition) is 0. The fourth-order valence-corrected chi connectivity index (χ4v) is 3.00. The van der Waals surface area contributed by atoms with Crippen molar-refractivity contribution in [1.82, 2.24) is 0 Å². The second kappa shape index (κ2) is 6.13. The molecule has 0 saturated heterocycles. The molecule has 3 aromatic rings. The molecule has 0 aliphatic heterocycles. The summed E-state index contributed by atoms with van der Waals surface area (Å²) in [4.78, 5) is 0. The van der Waals surface area contributed by atoms with Crippen LogP contribution >= 0.6 is 0 Å². The molecule has 106 valence electrons. The molecule has 21 heavy (non-hydrogen) atoms. The highest BCUT2D eigenvalue weighted by atomic mass is 14.1. The van der Waals surface area contributed by atoms with Gasteiger partial charge in [-0.05, 0) is 52.8 Å². The molecule has 0 nitrogen and oxygen atoms in total. The van der Waals surface area contributed by atoms with E-state index in [2.05, 4.69) is 74.5 Å². The Bertz CT molecular complexity index is 753. The van der Waals surface area contributed by atoms with Gasteiger partial charge in [-0.3, -0.25) is 0 Å². The molecular formula is C21H22. The Balaban J connectivity index is 2.22.